The van der Waals surface area contributed by atoms with Gasteiger partial charge in [-0.15, -0.1) is 0 Å². The number of carbonyl (C=O) groups excluding carboxylic acids is 2. The molecule has 1 aliphatic rings. The van der Waals surface area contributed by atoms with Gasteiger partial charge in [-0.2, -0.15) is 0 Å². The number of furan rings is 1. The summed E-state index contributed by atoms with van der Waals surface area (Å²) in [6.45, 7) is 3.88. The van der Waals surface area contributed by atoms with E-state index >= 15 is 0 Å². The number of hydrogen-bond donors (Lipinski definition) is 1. The van der Waals surface area contributed by atoms with Crippen molar-refractivity contribution < 1.29 is 14.0 Å². The summed E-state index contributed by atoms with van der Waals surface area (Å²) in [5.74, 6) is 0.390. The van der Waals surface area contributed by atoms with Gasteiger partial charge in [0.1, 0.15) is 0 Å². The Kier molecular flexibility index (Phi) is 6.10. The Hall–Kier alpha value is -2.56. The largest absolute Gasteiger partial charge is 0.459 e. The van der Waals surface area contributed by atoms with Crippen LogP contribution in [0.25, 0.3) is 0 Å². The number of carbonyl (C=O) groups is 2. The number of nitrogens with one attached hydrogen (secondary N) is 1. The van der Waals surface area contributed by atoms with Crippen LogP contribution in [0.15, 0.2) is 53.1 Å². The van der Waals surface area contributed by atoms with Gasteiger partial charge in [0.25, 0.3) is 5.91 Å². The number of amides is 2. The van der Waals surface area contributed by atoms with Crippen LogP contribution in [-0.2, 0) is 4.79 Å². The molecule has 5 heteroatoms. The first kappa shape index (κ1) is 18.2. The van der Waals surface area contributed by atoms with Crippen molar-refractivity contribution in [3.63, 3.8) is 0 Å². The van der Waals surface area contributed by atoms with E-state index in [9.17, 15) is 9.59 Å². The fraction of sp³-hybridized carbons (Fsp3) is 0.429. The molecule has 0 radical (unpaired) electrons. The van der Waals surface area contributed by atoms with E-state index in [4.69, 9.17) is 4.42 Å². The number of likely N-dealkylation sites (tertiary alicyclic amines) is 1. The van der Waals surface area contributed by atoms with Crippen LogP contribution in [0.5, 0.6) is 0 Å². The van der Waals surface area contributed by atoms with E-state index in [-0.39, 0.29) is 17.7 Å². The highest BCUT2D eigenvalue weighted by atomic mass is 16.3. The number of rotatable bonds is 6. The molecule has 0 spiro atoms. The average Bonchev–Trinajstić information content (AvgIpc) is 3.23. The summed E-state index contributed by atoms with van der Waals surface area (Å²) in [5, 5.41) is 3.10. The van der Waals surface area contributed by atoms with Crippen LogP contribution in [0.2, 0.25) is 0 Å². The van der Waals surface area contributed by atoms with Gasteiger partial charge in [-0.05, 0) is 37.0 Å². The van der Waals surface area contributed by atoms with Crippen molar-refractivity contribution in [1.29, 1.82) is 0 Å². The highest BCUT2D eigenvalue weighted by Gasteiger charge is 2.30. The molecule has 2 heterocycles. The molecule has 2 unspecified atom stereocenters. The van der Waals surface area contributed by atoms with Crippen LogP contribution in [0.3, 0.4) is 0 Å². The Morgan fingerprint density at radius 1 is 1.23 bits per heavy atom. The highest BCUT2D eigenvalue weighted by Crippen LogP contribution is 2.21. The van der Waals surface area contributed by atoms with Crippen LogP contribution in [0.4, 0.5) is 0 Å². The van der Waals surface area contributed by atoms with Crippen molar-refractivity contribution in [2.75, 3.05) is 19.6 Å². The van der Waals surface area contributed by atoms with Crippen molar-refractivity contribution in [1.82, 2.24) is 10.2 Å². The molecule has 2 atom stereocenters. The van der Waals surface area contributed by atoms with Crippen molar-refractivity contribution in [3.05, 3.63) is 60.1 Å². The lowest BCUT2D eigenvalue weighted by Gasteiger charge is -2.31. The molecule has 138 valence electrons. The second-order valence-electron chi connectivity index (χ2n) is 6.83. The summed E-state index contributed by atoms with van der Waals surface area (Å²) in [6, 6.07) is 13.6. The van der Waals surface area contributed by atoms with Gasteiger partial charge in [-0.1, -0.05) is 37.3 Å². The van der Waals surface area contributed by atoms with E-state index in [1.54, 1.807) is 17.0 Å². The minimum Gasteiger partial charge on any atom is -0.459 e. The number of nitrogens with zero attached hydrogens (tertiary/aromatic N) is 1. The van der Waals surface area contributed by atoms with Crippen LogP contribution in [-0.4, -0.2) is 36.3 Å². The van der Waals surface area contributed by atoms with Crippen molar-refractivity contribution in [3.8, 4) is 0 Å². The molecule has 1 saturated heterocycles. The summed E-state index contributed by atoms with van der Waals surface area (Å²) in [7, 11) is 0. The van der Waals surface area contributed by atoms with Crippen LogP contribution < -0.4 is 5.32 Å². The van der Waals surface area contributed by atoms with Crippen LogP contribution in [0, 0.1) is 5.92 Å². The number of benzene rings is 1. The predicted molar refractivity (Wildman–Crippen MR) is 99.8 cm³/mol. The molecule has 26 heavy (non-hydrogen) atoms. The van der Waals surface area contributed by atoms with Crippen molar-refractivity contribution >= 4 is 11.8 Å². The molecular formula is C21H26N2O3. The fourth-order valence-electron chi connectivity index (χ4n) is 3.52. The monoisotopic (exact) mass is 354 g/mol. The van der Waals surface area contributed by atoms with E-state index in [0.29, 0.717) is 31.3 Å². The van der Waals surface area contributed by atoms with Gasteiger partial charge in [0.15, 0.2) is 5.76 Å². The zero-order valence-electron chi connectivity index (χ0n) is 15.2. The second kappa shape index (κ2) is 8.70. The molecule has 1 aromatic carbocycles. The standard InChI is InChI=1S/C21H26N2O3/c1-2-16(17-8-4-3-5-9-17)14-22-20(24)18-10-6-12-23(15-18)21(25)19-11-7-13-26-19/h3-5,7-9,11,13,16,18H,2,6,10,12,14-15H2,1H3,(H,22,24). The maximum absolute atomic E-state index is 12.6. The maximum atomic E-state index is 12.6. The minimum atomic E-state index is -0.157. The minimum absolute atomic E-state index is 0.0383. The van der Waals surface area contributed by atoms with E-state index in [0.717, 1.165) is 19.3 Å². The quantitative estimate of drug-likeness (QED) is 0.864. The first-order valence-electron chi connectivity index (χ1n) is 9.34. The molecule has 2 amide bonds. The maximum Gasteiger partial charge on any atom is 0.289 e. The summed E-state index contributed by atoms with van der Waals surface area (Å²) in [6.07, 6.45) is 4.12. The highest BCUT2D eigenvalue weighted by molar-refractivity contribution is 5.92. The predicted octanol–water partition coefficient (Wildman–Crippen LogP) is 3.44. The molecule has 0 saturated carbocycles. The molecule has 0 aliphatic carbocycles. The Balaban J connectivity index is 1.55. The third kappa shape index (κ3) is 4.34. The summed E-state index contributed by atoms with van der Waals surface area (Å²) in [5.41, 5.74) is 1.24. The summed E-state index contributed by atoms with van der Waals surface area (Å²) < 4.78 is 5.19. The van der Waals surface area contributed by atoms with Gasteiger partial charge in [-0.3, -0.25) is 9.59 Å². The SMILES string of the molecule is CCC(CNC(=O)C1CCCN(C(=O)c2ccco2)C1)c1ccccc1. The third-order valence-corrected chi connectivity index (χ3v) is 5.10. The van der Waals surface area contributed by atoms with Gasteiger partial charge in [0.2, 0.25) is 5.91 Å². The van der Waals surface area contributed by atoms with Gasteiger partial charge < -0.3 is 14.6 Å². The Labute approximate surface area is 154 Å². The third-order valence-electron chi connectivity index (χ3n) is 5.10. The normalized spacial score (nSPS) is 18.3. The number of hydrogen-bond acceptors (Lipinski definition) is 3. The zero-order chi connectivity index (χ0) is 18.4. The molecule has 1 N–H and O–H groups in total. The smallest absolute Gasteiger partial charge is 0.289 e. The zero-order valence-corrected chi connectivity index (χ0v) is 15.2. The Morgan fingerprint density at radius 3 is 2.73 bits per heavy atom. The molecule has 2 aromatic rings. The molecular weight excluding hydrogens is 328 g/mol. The first-order valence-corrected chi connectivity index (χ1v) is 9.34. The second-order valence-corrected chi connectivity index (χ2v) is 6.83. The van der Waals surface area contributed by atoms with Crippen molar-refractivity contribution in [2.45, 2.75) is 32.1 Å². The molecule has 1 aliphatic heterocycles. The van der Waals surface area contributed by atoms with E-state index in [1.807, 2.05) is 18.2 Å². The van der Waals surface area contributed by atoms with Crippen LogP contribution >= 0.6 is 0 Å². The lowest BCUT2D eigenvalue weighted by Crippen LogP contribution is -2.46. The van der Waals surface area contributed by atoms with E-state index in [2.05, 4.69) is 24.4 Å². The summed E-state index contributed by atoms with van der Waals surface area (Å²) in [4.78, 5) is 26.8. The Bertz CT molecular complexity index is 712. The van der Waals surface area contributed by atoms with Gasteiger partial charge in [0, 0.05) is 25.6 Å². The molecule has 3 rings (SSSR count). The van der Waals surface area contributed by atoms with E-state index < -0.39 is 0 Å². The molecule has 1 aromatic heterocycles. The molecule has 1 fully saturated rings. The Morgan fingerprint density at radius 2 is 2.04 bits per heavy atom. The van der Waals surface area contributed by atoms with Gasteiger partial charge in [-0.25, -0.2) is 0 Å². The van der Waals surface area contributed by atoms with Gasteiger partial charge in [0.05, 0.1) is 12.2 Å². The molecule has 5 nitrogen and oxygen atoms in total. The lowest BCUT2D eigenvalue weighted by atomic mass is 9.94. The topological polar surface area (TPSA) is 62.6 Å². The number of piperidine rings is 1. The lowest BCUT2D eigenvalue weighted by molar-refractivity contribution is -0.126. The summed E-state index contributed by atoms with van der Waals surface area (Å²) >= 11 is 0. The van der Waals surface area contributed by atoms with Crippen molar-refractivity contribution in [2.24, 2.45) is 5.92 Å². The first-order chi connectivity index (χ1) is 12.7. The average molecular weight is 354 g/mol. The van der Waals surface area contributed by atoms with Gasteiger partial charge >= 0.3 is 0 Å². The fourth-order valence-corrected chi connectivity index (χ4v) is 3.52. The molecule has 0 bridgehead atoms. The van der Waals surface area contributed by atoms with Crippen LogP contribution in [0.1, 0.15) is 48.2 Å². The van der Waals surface area contributed by atoms with E-state index in [1.165, 1.54) is 11.8 Å².